The fraction of sp³-hybridized carbons (Fsp3) is 0.318. The van der Waals surface area contributed by atoms with E-state index in [0.29, 0.717) is 18.2 Å². The van der Waals surface area contributed by atoms with Gasteiger partial charge in [-0.05, 0) is 25.7 Å². The highest BCUT2D eigenvalue weighted by Crippen LogP contribution is 2.31. The molecule has 1 aliphatic rings. The topological polar surface area (TPSA) is 89.9 Å². The van der Waals surface area contributed by atoms with E-state index in [9.17, 15) is 4.79 Å². The molecule has 7 nitrogen and oxygen atoms in total. The van der Waals surface area contributed by atoms with Crippen molar-refractivity contribution in [1.29, 1.82) is 0 Å². The van der Waals surface area contributed by atoms with Crippen molar-refractivity contribution in [3.05, 3.63) is 65.9 Å². The Kier molecular flexibility index (Phi) is 5.74. The summed E-state index contributed by atoms with van der Waals surface area (Å²) in [5, 5.41) is 2.98. The molecule has 1 atom stereocenters. The molecule has 0 aliphatic heterocycles. The number of hydrogen-bond donors (Lipinski definition) is 1. The number of amides is 1. The Balaban J connectivity index is 1.49. The number of fused-ring (bicyclic) bond motifs is 1. The van der Waals surface area contributed by atoms with E-state index in [4.69, 9.17) is 9.72 Å². The van der Waals surface area contributed by atoms with Crippen LogP contribution in [-0.4, -0.2) is 33.0 Å². The quantitative estimate of drug-likeness (QED) is 0.675. The van der Waals surface area contributed by atoms with Gasteiger partial charge in [-0.3, -0.25) is 14.8 Å². The molecule has 4 rings (SSSR count). The van der Waals surface area contributed by atoms with Crippen LogP contribution in [0.1, 0.15) is 29.8 Å². The van der Waals surface area contributed by atoms with Crippen molar-refractivity contribution >= 4 is 5.91 Å². The SMILES string of the molecule is COc1nc(-c2ccccc2)nc2c1CCC(C(=O)NCc1cnccn1)CC2. The molecule has 0 radical (unpaired) electrons. The lowest BCUT2D eigenvalue weighted by atomic mass is 9.99. The first kappa shape index (κ1) is 19.0. The summed E-state index contributed by atoms with van der Waals surface area (Å²) in [4.78, 5) is 30.3. The average Bonchev–Trinajstić information content (AvgIpc) is 3.01. The molecule has 1 amide bonds. The van der Waals surface area contributed by atoms with Crippen LogP contribution in [0, 0.1) is 5.92 Å². The summed E-state index contributed by atoms with van der Waals surface area (Å²) in [5.74, 6) is 1.23. The number of nitrogens with zero attached hydrogens (tertiary/aromatic N) is 4. The lowest BCUT2D eigenvalue weighted by molar-refractivity contribution is -0.125. The standard InChI is InChI=1S/C22H23N5O2/c1-29-22-18-9-7-16(21(28)25-14-17-13-23-11-12-24-17)8-10-19(18)26-20(27-22)15-5-3-2-4-6-15/h2-6,11-13,16H,7-10,14H2,1H3,(H,25,28). The molecule has 1 aliphatic carbocycles. The first-order valence-corrected chi connectivity index (χ1v) is 9.76. The van der Waals surface area contributed by atoms with Gasteiger partial charge < -0.3 is 10.1 Å². The molecule has 7 heteroatoms. The first-order valence-electron chi connectivity index (χ1n) is 9.76. The highest BCUT2D eigenvalue weighted by Gasteiger charge is 2.26. The van der Waals surface area contributed by atoms with Crippen LogP contribution in [0.2, 0.25) is 0 Å². The second-order valence-electron chi connectivity index (χ2n) is 7.04. The number of nitrogens with one attached hydrogen (secondary N) is 1. The van der Waals surface area contributed by atoms with Gasteiger partial charge in [0.25, 0.3) is 0 Å². The Morgan fingerprint density at radius 2 is 1.97 bits per heavy atom. The van der Waals surface area contributed by atoms with Gasteiger partial charge in [0.1, 0.15) is 0 Å². The van der Waals surface area contributed by atoms with Crippen LogP contribution in [0.25, 0.3) is 11.4 Å². The van der Waals surface area contributed by atoms with Crippen LogP contribution in [0.15, 0.2) is 48.9 Å². The Morgan fingerprint density at radius 3 is 2.72 bits per heavy atom. The summed E-state index contributed by atoms with van der Waals surface area (Å²) in [7, 11) is 1.63. The molecule has 1 aromatic carbocycles. The zero-order valence-corrected chi connectivity index (χ0v) is 16.3. The number of hydrogen-bond acceptors (Lipinski definition) is 6. The Bertz CT molecular complexity index is 979. The molecule has 2 heterocycles. The van der Waals surface area contributed by atoms with E-state index in [0.717, 1.165) is 48.2 Å². The minimum Gasteiger partial charge on any atom is -0.481 e. The summed E-state index contributed by atoms with van der Waals surface area (Å²) in [6.45, 7) is 0.386. The Hall–Kier alpha value is -3.35. The molecule has 1 N–H and O–H groups in total. The highest BCUT2D eigenvalue weighted by molar-refractivity contribution is 5.78. The maximum Gasteiger partial charge on any atom is 0.223 e. The van der Waals surface area contributed by atoms with Crippen molar-refractivity contribution in [3.63, 3.8) is 0 Å². The van der Waals surface area contributed by atoms with Gasteiger partial charge in [-0.2, -0.15) is 4.98 Å². The van der Waals surface area contributed by atoms with E-state index in [-0.39, 0.29) is 11.8 Å². The molecule has 0 bridgehead atoms. The maximum atomic E-state index is 12.7. The van der Waals surface area contributed by atoms with E-state index in [1.165, 1.54) is 0 Å². The number of aryl methyl sites for hydroxylation is 1. The molecule has 0 fully saturated rings. The average molecular weight is 389 g/mol. The van der Waals surface area contributed by atoms with Crippen molar-refractivity contribution in [3.8, 4) is 17.3 Å². The van der Waals surface area contributed by atoms with E-state index < -0.39 is 0 Å². The summed E-state index contributed by atoms with van der Waals surface area (Å²) >= 11 is 0. The van der Waals surface area contributed by atoms with Crippen LogP contribution in [0.3, 0.4) is 0 Å². The van der Waals surface area contributed by atoms with E-state index in [1.807, 2.05) is 30.3 Å². The molecule has 0 saturated carbocycles. The van der Waals surface area contributed by atoms with E-state index in [2.05, 4.69) is 20.3 Å². The van der Waals surface area contributed by atoms with Gasteiger partial charge in [-0.15, -0.1) is 0 Å². The second kappa shape index (κ2) is 8.77. The Morgan fingerprint density at radius 1 is 1.14 bits per heavy atom. The van der Waals surface area contributed by atoms with Crippen molar-refractivity contribution in [2.24, 2.45) is 5.92 Å². The van der Waals surface area contributed by atoms with E-state index in [1.54, 1.807) is 25.7 Å². The predicted octanol–water partition coefficient (Wildman–Crippen LogP) is 2.75. The van der Waals surface area contributed by atoms with Crippen LogP contribution in [-0.2, 0) is 24.2 Å². The number of carbonyl (C=O) groups excluding carboxylic acids is 1. The third-order valence-electron chi connectivity index (χ3n) is 5.18. The number of methoxy groups -OCH3 is 1. The van der Waals surface area contributed by atoms with Gasteiger partial charge in [-0.25, -0.2) is 4.98 Å². The normalized spacial score (nSPS) is 15.8. The molecular formula is C22H23N5O2. The molecular weight excluding hydrogens is 366 g/mol. The van der Waals surface area contributed by atoms with Crippen LogP contribution in [0.4, 0.5) is 0 Å². The molecule has 1 unspecified atom stereocenters. The number of carbonyl (C=O) groups is 1. The van der Waals surface area contributed by atoms with Gasteiger partial charge in [0.15, 0.2) is 5.82 Å². The lowest BCUT2D eigenvalue weighted by Gasteiger charge is -2.13. The largest absolute Gasteiger partial charge is 0.481 e. The third-order valence-corrected chi connectivity index (χ3v) is 5.18. The van der Waals surface area contributed by atoms with Gasteiger partial charge in [0.2, 0.25) is 11.8 Å². The summed E-state index contributed by atoms with van der Waals surface area (Å²) in [6.07, 6.45) is 7.82. The zero-order chi connectivity index (χ0) is 20.1. The second-order valence-corrected chi connectivity index (χ2v) is 7.04. The number of ether oxygens (including phenoxy) is 1. The van der Waals surface area contributed by atoms with Gasteiger partial charge in [0, 0.05) is 29.4 Å². The molecule has 29 heavy (non-hydrogen) atoms. The molecule has 3 aromatic rings. The van der Waals surface area contributed by atoms with Crippen molar-refractivity contribution in [2.75, 3.05) is 7.11 Å². The van der Waals surface area contributed by atoms with Crippen molar-refractivity contribution in [1.82, 2.24) is 25.3 Å². The molecule has 148 valence electrons. The molecule has 2 aromatic heterocycles. The van der Waals surface area contributed by atoms with Crippen LogP contribution >= 0.6 is 0 Å². The zero-order valence-electron chi connectivity index (χ0n) is 16.3. The fourth-order valence-corrected chi connectivity index (χ4v) is 3.63. The Labute approximate surface area is 169 Å². The minimum absolute atomic E-state index is 0.0404. The van der Waals surface area contributed by atoms with Gasteiger partial charge >= 0.3 is 0 Å². The summed E-state index contributed by atoms with van der Waals surface area (Å²) in [5.41, 5.74) is 3.69. The van der Waals surface area contributed by atoms with Gasteiger partial charge in [0.05, 0.1) is 31.2 Å². The maximum absolute atomic E-state index is 12.7. The summed E-state index contributed by atoms with van der Waals surface area (Å²) in [6, 6.07) is 9.87. The first-order chi connectivity index (χ1) is 14.2. The van der Waals surface area contributed by atoms with E-state index >= 15 is 0 Å². The number of aromatic nitrogens is 4. The predicted molar refractivity (Wildman–Crippen MR) is 108 cm³/mol. The minimum atomic E-state index is -0.0780. The van der Waals surface area contributed by atoms with Crippen molar-refractivity contribution in [2.45, 2.75) is 32.2 Å². The summed E-state index contributed by atoms with van der Waals surface area (Å²) < 4.78 is 5.56. The van der Waals surface area contributed by atoms with Crippen LogP contribution < -0.4 is 10.1 Å². The molecule has 0 saturated heterocycles. The van der Waals surface area contributed by atoms with Crippen molar-refractivity contribution < 1.29 is 9.53 Å². The molecule has 0 spiro atoms. The fourth-order valence-electron chi connectivity index (χ4n) is 3.63. The number of rotatable bonds is 5. The van der Waals surface area contributed by atoms with Gasteiger partial charge in [-0.1, -0.05) is 30.3 Å². The number of benzene rings is 1. The highest BCUT2D eigenvalue weighted by atomic mass is 16.5. The van der Waals surface area contributed by atoms with Crippen LogP contribution in [0.5, 0.6) is 5.88 Å². The smallest absolute Gasteiger partial charge is 0.223 e. The monoisotopic (exact) mass is 389 g/mol. The third kappa shape index (κ3) is 4.39. The lowest BCUT2D eigenvalue weighted by Crippen LogP contribution is -2.30.